The number of fused-ring (bicyclic) bond motifs is 1. The number of hydrogen-bond acceptors (Lipinski definition) is 7. The average Bonchev–Trinajstić information content (AvgIpc) is 3.79. The van der Waals surface area contributed by atoms with Crippen LogP contribution in [0.25, 0.3) is 22.2 Å². The summed E-state index contributed by atoms with van der Waals surface area (Å²) >= 11 is 0. The topological polar surface area (TPSA) is 102 Å². The number of benzene rings is 1. The van der Waals surface area contributed by atoms with Crippen LogP contribution < -0.4 is 15.4 Å². The molecule has 1 amide bonds. The maximum atomic E-state index is 14.4. The van der Waals surface area contributed by atoms with Crippen molar-refractivity contribution in [2.45, 2.75) is 32.6 Å². The first kappa shape index (κ1) is 25.5. The van der Waals surface area contributed by atoms with Crippen LogP contribution in [-0.4, -0.2) is 46.0 Å². The molecule has 2 N–H and O–H groups in total. The molecule has 1 saturated carbocycles. The molecule has 0 saturated heterocycles. The summed E-state index contributed by atoms with van der Waals surface area (Å²) in [4.78, 5) is 29.8. The van der Waals surface area contributed by atoms with E-state index in [0.717, 1.165) is 29.6 Å². The largest absolute Gasteiger partial charge is 0.477 e. The number of rotatable bonds is 10. The normalized spacial score (nSPS) is 14.6. The van der Waals surface area contributed by atoms with E-state index in [1.165, 1.54) is 26.2 Å². The third-order valence-corrected chi connectivity index (χ3v) is 7.15. The first-order chi connectivity index (χ1) is 18.4. The Balaban J connectivity index is 1.27. The van der Waals surface area contributed by atoms with Crippen LogP contribution >= 0.6 is 0 Å². The lowest BCUT2D eigenvalue weighted by molar-refractivity contribution is 0.0960. The Hall–Kier alpha value is -4.14. The Morgan fingerprint density at radius 1 is 1.11 bits per heavy atom. The van der Waals surface area contributed by atoms with Gasteiger partial charge in [-0.1, -0.05) is 32.0 Å². The van der Waals surface area contributed by atoms with Gasteiger partial charge >= 0.3 is 0 Å². The fourth-order valence-electron chi connectivity index (χ4n) is 4.41. The van der Waals surface area contributed by atoms with E-state index in [2.05, 4.69) is 44.4 Å². The number of carbonyl (C=O) groups is 1. The second-order valence-electron chi connectivity index (χ2n) is 9.88. The number of pyridine rings is 2. The SMILES string of the molecule is CNC(=O)c1c(F)cnc2c([C@H](C)C(C)CNc3cc(-c4ccc(OCC5CC5)nc4)ncn3)cccc12. The van der Waals surface area contributed by atoms with Gasteiger partial charge in [-0.15, -0.1) is 0 Å². The van der Waals surface area contributed by atoms with Gasteiger partial charge in [0.05, 0.1) is 29.6 Å². The molecule has 4 aromatic rings. The number of amides is 1. The van der Waals surface area contributed by atoms with Crippen molar-refractivity contribution >= 4 is 22.6 Å². The maximum Gasteiger partial charge on any atom is 0.254 e. The molecular weight excluding hydrogens is 483 g/mol. The smallest absolute Gasteiger partial charge is 0.254 e. The third-order valence-electron chi connectivity index (χ3n) is 7.15. The summed E-state index contributed by atoms with van der Waals surface area (Å²) in [7, 11) is 1.49. The number of carbonyl (C=O) groups excluding carboxylic acids is 1. The summed E-state index contributed by atoms with van der Waals surface area (Å²) in [5, 5.41) is 6.43. The highest BCUT2D eigenvalue weighted by Gasteiger charge is 2.23. The molecule has 196 valence electrons. The number of anilines is 1. The lowest BCUT2D eigenvalue weighted by Crippen LogP contribution is -2.21. The van der Waals surface area contributed by atoms with Crippen molar-refractivity contribution in [3.63, 3.8) is 0 Å². The summed E-state index contributed by atoms with van der Waals surface area (Å²) in [6.45, 7) is 5.61. The van der Waals surface area contributed by atoms with Crippen molar-refractivity contribution in [2.24, 2.45) is 11.8 Å². The predicted octanol–water partition coefficient (Wildman–Crippen LogP) is 5.23. The molecule has 1 unspecified atom stereocenters. The molecule has 1 fully saturated rings. The monoisotopic (exact) mass is 514 g/mol. The van der Waals surface area contributed by atoms with E-state index in [0.29, 0.717) is 35.1 Å². The second kappa shape index (κ2) is 11.1. The molecule has 3 heterocycles. The number of aromatic nitrogens is 4. The Labute approximate surface area is 221 Å². The van der Waals surface area contributed by atoms with E-state index in [4.69, 9.17) is 4.74 Å². The standard InChI is InChI=1S/C29H31FN6O2/c1-17(18(2)21-5-4-6-22-27(29(37)31-3)23(30)14-34-28(21)22)12-32-25-11-24(35-16-36-25)20-9-10-26(33-13-20)38-15-19-7-8-19/h4-6,9-11,13-14,16-19H,7-8,12,15H2,1-3H3,(H,31,37)(H,32,35,36)/t17?,18-/m1/s1. The molecule has 38 heavy (non-hydrogen) atoms. The van der Waals surface area contributed by atoms with Crippen LogP contribution in [0.15, 0.2) is 55.1 Å². The second-order valence-corrected chi connectivity index (χ2v) is 9.88. The van der Waals surface area contributed by atoms with Gasteiger partial charge in [-0.25, -0.2) is 19.3 Å². The molecule has 3 aromatic heterocycles. The van der Waals surface area contributed by atoms with Crippen LogP contribution in [0.5, 0.6) is 5.88 Å². The fourth-order valence-corrected chi connectivity index (χ4v) is 4.41. The zero-order chi connectivity index (χ0) is 26.6. The van der Waals surface area contributed by atoms with E-state index in [1.54, 1.807) is 12.3 Å². The minimum absolute atomic E-state index is 0.0165. The van der Waals surface area contributed by atoms with Gasteiger partial charge in [0.1, 0.15) is 12.1 Å². The molecule has 0 bridgehead atoms. The third kappa shape index (κ3) is 5.56. The summed E-state index contributed by atoms with van der Waals surface area (Å²) in [5.41, 5.74) is 3.26. The summed E-state index contributed by atoms with van der Waals surface area (Å²) in [6.07, 6.45) is 6.90. The van der Waals surface area contributed by atoms with Crippen molar-refractivity contribution in [3.05, 3.63) is 72.1 Å². The quantitative estimate of drug-likeness (QED) is 0.299. The minimum atomic E-state index is -0.633. The lowest BCUT2D eigenvalue weighted by atomic mass is 9.87. The fraction of sp³-hybridized carbons (Fsp3) is 0.345. The van der Waals surface area contributed by atoms with Crippen molar-refractivity contribution in [3.8, 4) is 17.1 Å². The molecule has 0 spiro atoms. The molecule has 1 aliphatic carbocycles. The summed E-state index contributed by atoms with van der Waals surface area (Å²) in [5.74, 6) is 1.18. The molecule has 5 rings (SSSR count). The Bertz CT molecular complexity index is 1440. The Kier molecular flexibility index (Phi) is 7.44. The molecule has 9 heteroatoms. The molecule has 1 aliphatic rings. The van der Waals surface area contributed by atoms with E-state index < -0.39 is 11.7 Å². The molecule has 0 radical (unpaired) electrons. The molecule has 0 aliphatic heterocycles. The number of nitrogens with zero attached hydrogens (tertiary/aromatic N) is 4. The van der Waals surface area contributed by atoms with Gasteiger partial charge in [-0.3, -0.25) is 9.78 Å². The zero-order valence-corrected chi connectivity index (χ0v) is 21.7. The number of ether oxygens (including phenoxy) is 1. The van der Waals surface area contributed by atoms with Gasteiger partial charge in [-0.2, -0.15) is 0 Å². The Morgan fingerprint density at radius 2 is 1.95 bits per heavy atom. The van der Waals surface area contributed by atoms with E-state index >= 15 is 0 Å². The zero-order valence-electron chi connectivity index (χ0n) is 21.7. The van der Waals surface area contributed by atoms with Crippen LogP contribution in [0, 0.1) is 17.7 Å². The van der Waals surface area contributed by atoms with Crippen molar-refractivity contribution in [1.82, 2.24) is 25.3 Å². The number of hydrogen-bond donors (Lipinski definition) is 2. The maximum absolute atomic E-state index is 14.4. The molecular formula is C29H31FN6O2. The molecule has 1 aromatic carbocycles. The van der Waals surface area contributed by atoms with Gasteiger partial charge in [0.25, 0.3) is 5.91 Å². The first-order valence-electron chi connectivity index (χ1n) is 12.9. The number of halogens is 1. The van der Waals surface area contributed by atoms with Crippen molar-refractivity contribution < 1.29 is 13.9 Å². The summed E-state index contributed by atoms with van der Waals surface area (Å²) < 4.78 is 20.2. The van der Waals surface area contributed by atoms with Gasteiger partial charge in [-0.05, 0) is 42.2 Å². The van der Waals surface area contributed by atoms with Crippen LogP contribution in [0.1, 0.15) is 48.5 Å². The van der Waals surface area contributed by atoms with E-state index in [9.17, 15) is 9.18 Å². The van der Waals surface area contributed by atoms with Gasteiger partial charge in [0.15, 0.2) is 5.82 Å². The highest BCUT2D eigenvalue weighted by molar-refractivity contribution is 6.06. The highest BCUT2D eigenvalue weighted by Crippen LogP contribution is 2.32. The minimum Gasteiger partial charge on any atom is -0.477 e. The number of para-hydroxylation sites is 1. The molecule has 8 nitrogen and oxygen atoms in total. The van der Waals surface area contributed by atoms with Crippen molar-refractivity contribution in [2.75, 3.05) is 25.5 Å². The number of nitrogens with one attached hydrogen (secondary N) is 2. The molecule has 2 atom stereocenters. The highest BCUT2D eigenvalue weighted by atomic mass is 19.1. The van der Waals surface area contributed by atoms with E-state index in [1.807, 2.05) is 30.3 Å². The van der Waals surface area contributed by atoms with Gasteiger partial charge in [0, 0.05) is 42.9 Å². The summed E-state index contributed by atoms with van der Waals surface area (Å²) in [6, 6.07) is 11.3. The van der Waals surface area contributed by atoms with Gasteiger partial charge < -0.3 is 15.4 Å². The van der Waals surface area contributed by atoms with E-state index in [-0.39, 0.29) is 17.4 Å². The van der Waals surface area contributed by atoms with Crippen LogP contribution in [0.3, 0.4) is 0 Å². The van der Waals surface area contributed by atoms with Gasteiger partial charge in [0.2, 0.25) is 5.88 Å². The van der Waals surface area contributed by atoms with Crippen LogP contribution in [0.4, 0.5) is 10.2 Å². The van der Waals surface area contributed by atoms with Crippen LogP contribution in [-0.2, 0) is 0 Å². The Morgan fingerprint density at radius 3 is 2.68 bits per heavy atom. The van der Waals surface area contributed by atoms with Crippen molar-refractivity contribution in [1.29, 1.82) is 0 Å². The average molecular weight is 515 g/mol. The lowest BCUT2D eigenvalue weighted by Gasteiger charge is -2.22. The first-order valence-corrected chi connectivity index (χ1v) is 12.9. The van der Waals surface area contributed by atoms with Crippen LogP contribution in [0.2, 0.25) is 0 Å². The predicted molar refractivity (Wildman–Crippen MR) is 145 cm³/mol.